The summed E-state index contributed by atoms with van der Waals surface area (Å²) in [4.78, 5) is 19.1. The number of amides is 1. The largest absolute Gasteiger partial charge is 0.494 e. The van der Waals surface area contributed by atoms with Crippen LogP contribution in [0.1, 0.15) is 30.4 Å². The molecular formula is C34H41N3O4. The molecule has 0 N–H and O–H groups in total. The van der Waals surface area contributed by atoms with Gasteiger partial charge in [-0.3, -0.25) is 0 Å². The van der Waals surface area contributed by atoms with E-state index in [1.54, 1.807) is 12.0 Å². The summed E-state index contributed by atoms with van der Waals surface area (Å²) in [5.74, 6) is 0.925. The lowest BCUT2D eigenvalue weighted by atomic mass is 9.99. The van der Waals surface area contributed by atoms with Crippen molar-refractivity contribution in [1.29, 1.82) is 0 Å². The molecule has 7 heteroatoms. The van der Waals surface area contributed by atoms with Crippen LogP contribution < -0.4 is 14.5 Å². The van der Waals surface area contributed by atoms with Crippen LogP contribution in [0.5, 0.6) is 5.75 Å². The Bertz CT molecular complexity index is 1250. The van der Waals surface area contributed by atoms with Crippen molar-refractivity contribution in [3.05, 3.63) is 96.1 Å². The molecule has 3 aromatic rings. The van der Waals surface area contributed by atoms with Crippen LogP contribution in [-0.4, -0.2) is 70.6 Å². The number of piperazine rings is 1. The highest BCUT2D eigenvalue weighted by atomic mass is 16.6. The van der Waals surface area contributed by atoms with E-state index in [1.807, 2.05) is 30.3 Å². The van der Waals surface area contributed by atoms with E-state index in [9.17, 15) is 4.79 Å². The van der Waals surface area contributed by atoms with Crippen molar-refractivity contribution >= 4 is 23.0 Å². The highest BCUT2D eigenvalue weighted by molar-refractivity contribution is 5.70. The van der Waals surface area contributed by atoms with E-state index < -0.39 is 0 Å². The van der Waals surface area contributed by atoms with Crippen LogP contribution in [0.25, 0.3) is 5.57 Å². The molecule has 0 aliphatic carbocycles. The summed E-state index contributed by atoms with van der Waals surface area (Å²) in [6.07, 6.45) is 5.14. The number of nitrogens with zero attached hydrogens (tertiary/aromatic N) is 3. The Hall–Kier alpha value is -3.97. The maximum atomic E-state index is 12.5. The molecule has 2 aliphatic rings. The van der Waals surface area contributed by atoms with Gasteiger partial charge >= 0.3 is 6.09 Å². The van der Waals surface area contributed by atoms with E-state index in [0.717, 1.165) is 70.0 Å². The third kappa shape index (κ3) is 8.04. The van der Waals surface area contributed by atoms with Crippen molar-refractivity contribution < 1.29 is 19.0 Å². The molecule has 0 unspecified atom stereocenters. The summed E-state index contributed by atoms with van der Waals surface area (Å²) in [6, 6.07) is 27.1. The number of hydrogen-bond donors (Lipinski definition) is 0. The quantitative estimate of drug-likeness (QED) is 0.261. The van der Waals surface area contributed by atoms with Crippen molar-refractivity contribution in [2.75, 3.05) is 69.4 Å². The molecule has 0 radical (unpaired) electrons. The summed E-state index contributed by atoms with van der Waals surface area (Å²) in [7, 11) is 1.73. The molecule has 7 nitrogen and oxygen atoms in total. The first-order valence-electron chi connectivity index (χ1n) is 14.7. The van der Waals surface area contributed by atoms with Crippen molar-refractivity contribution in [3.63, 3.8) is 0 Å². The van der Waals surface area contributed by atoms with E-state index in [2.05, 4.69) is 64.4 Å². The second-order valence-corrected chi connectivity index (χ2v) is 10.5. The molecule has 0 bridgehead atoms. The zero-order chi connectivity index (χ0) is 28.3. The van der Waals surface area contributed by atoms with Crippen molar-refractivity contribution in [2.24, 2.45) is 0 Å². The number of carbonyl (C=O) groups is 1. The second-order valence-electron chi connectivity index (χ2n) is 10.5. The molecule has 0 spiro atoms. The SMILES string of the molecule is COCCCCOc1ccc(C2=CCN(c3ccc(N4CCN(C(=O)OCc5ccccc5)CC4)cc3)CC2)cc1. The van der Waals surface area contributed by atoms with Gasteiger partial charge in [0.25, 0.3) is 0 Å². The number of benzene rings is 3. The van der Waals surface area contributed by atoms with Gasteiger partial charge in [-0.25, -0.2) is 4.79 Å². The van der Waals surface area contributed by atoms with Crippen LogP contribution in [0.4, 0.5) is 16.2 Å². The first-order valence-corrected chi connectivity index (χ1v) is 14.7. The normalized spacial score (nSPS) is 15.4. The predicted molar refractivity (Wildman–Crippen MR) is 165 cm³/mol. The van der Waals surface area contributed by atoms with Gasteiger partial charge in [0, 0.05) is 64.4 Å². The van der Waals surface area contributed by atoms with Gasteiger partial charge in [-0.1, -0.05) is 48.5 Å². The fraction of sp³-hybridized carbons (Fsp3) is 0.382. The Balaban J connectivity index is 1.06. The fourth-order valence-electron chi connectivity index (χ4n) is 5.30. The number of ether oxygens (including phenoxy) is 3. The van der Waals surface area contributed by atoms with Crippen LogP contribution >= 0.6 is 0 Å². The van der Waals surface area contributed by atoms with Crippen molar-refractivity contribution in [2.45, 2.75) is 25.9 Å². The number of rotatable bonds is 11. The van der Waals surface area contributed by atoms with Gasteiger partial charge in [-0.2, -0.15) is 0 Å². The first-order chi connectivity index (χ1) is 20.2. The number of methoxy groups -OCH3 is 1. The monoisotopic (exact) mass is 555 g/mol. The topological polar surface area (TPSA) is 54.5 Å². The minimum absolute atomic E-state index is 0.237. The first kappa shape index (κ1) is 28.6. The smallest absolute Gasteiger partial charge is 0.410 e. The zero-order valence-electron chi connectivity index (χ0n) is 24.0. The Labute approximate surface area is 243 Å². The maximum Gasteiger partial charge on any atom is 0.410 e. The fourth-order valence-corrected chi connectivity index (χ4v) is 5.30. The molecule has 1 fully saturated rings. The molecular weight excluding hydrogens is 514 g/mol. The van der Waals surface area contributed by atoms with Gasteiger partial charge in [0.15, 0.2) is 0 Å². The van der Waals surface area contributed by atoms with Crippen LogP contribution in [0, 0.1) is 0 Å². The van der Waals surface area contributed by atoms with Crippen LogP contribution in [0.15, 0.2) is 84.9 Å². The van der Waals surface area contributed by atoms with Gasteiger partial charge < -0.3 is 28.9 Å². The molecule has 1 saturated heterocycles. The standard InChI is InChI=1S/C34H41N3O4/c1-39-25-5-6-26-40-33-15-9-29(10-16-33)30-17-19-35(20-18-30)31-11-13-32(14-12-31)36-21-23-37(24-22-36)34(38)41-27-28-7-3-2-4-8-28/h2-4,7-17H,5-6,18-27H2,1H3. The Morgan fingerprint density at radius 2 is 1.44 bits per heavy atom. The van der Waals surface area contributed by atoms with E-state index in [0.29, 0.717) is 19.7 Å². The van der Waals surface area contributed by atoms with Crippen LogP contribution in [0.2, 0.25) is 0 Å². The lowest BCUT2D eigenvalue weighted by molar-refractivity contribution is 0.0942. The molecule has 0 aromatic heterocycles. The maximum absolute atomic E-state index is 12.5. The summed E-state index contributed by atoms with van der Waals surface area (Å²) in [6.45, 7) is 6.63. The van der Waals surface area contributed by atoms with Gasteiger partial charge in [0.05, 0.1) is 6.61 Å². The average Bonchev–Trinajstić information content (AvgIpc) is 3.04. The molecule has 41 heavy (non-hydrogen) atoms. The summed E-state index contributed by atoms with van der Waals surface area (Å²) >= 11 is 0. The Morgan fingerprint density at radius 3 is 2.10 bits per heavy atom. The summed E-state index contributed by atoms with van der Waals surface area (Å²) in [5.41, 5.74) is 6.11. The van der Waals surface area contributed by atoms with Crippen molar-refractivity contribution in [1.82, 2.24) is 4.90 Å². The third-order valence-corrected chi connectivity index (χ3v) is 7.77. The predicted octanol–water partition coefficient (Wildman–Crippen LogP) is 6.24. The molecule has 5 rings (SSSR count). The molecule has 2 aliphatic heterocycles. The molecule has 0 saturated carbocycles. The van der Waals surface area contributed by atoms with Crippen LogP contribution in [-0.2, 0) is 16.1 Å². The molecule has 2 heterocycles. The van der Waals surface area contributed by atoms with Gasteiger partial charge in [0.2, 0.25) is 0 Å². The molecule has 216 valence electrons. The molecule has 1 amide bonds. The summed E-state index contributed by atoms with van der Waals surface area (Å²) in [5, 5.41) is 0. The number of anilines is 2. The van der Waals surface area contributed by atoms with Gasteiger partial charge in [-0.05, 0) is 72.4 Å². The van der Waals surface area contributed by atoms with E-state index in [1.165, 1.54) is 22.5 Å². The highest BCUT2D eigenvalue weighted by Gasteiger charge is 2.23. The zero-order valence-corrected chi connectivity index (χ0v) is 24.0. The Kier molecular flexibility index (Phi) is 10.2. The lowest BCUT2D eigenvalue weighted by Crippen LogP contribution is -2.48. The van der Waals surface area contributed by atoms with E-state index >= 15 is 0 Å². The van der Waals surface area contributed by atoms with E-state index in [-0.39, 0.29) is 6.09 Å². The van der Waals surface area contributed by atoms with Gasteiger partial charge in [0.1, 0.15) is 12.4 Å². The minimum Gasteiger partial charge on any atom is -0.494 e. The third-order valence-electron chi connectivity index (χ3n) is 7.77. The van der Waals surface area contributed by atoms with Gasteiger partial charge in [-0.15, -0.1) is 0 Å². The average molecular weight is 556 g/mol. The summed E-state index contributed by atoms with van der Waals surface area (Å²) < 4.78 is 16.4. The minimum atomic E-state index is -0.237. The van der Waals surface area contributed by atoms with Crippen molar-refractivity contribution in [3.8, 4) is 5.75 Å². The number of unbranched alkanes of at least 4 members (excludes halogenated alkanes) is 1. The molecule has 3 aromatic carbocycles. The number of carbonyl (C=O) groups excluding carboxylic acids is 1. The van der Waals surface area contributed by atoms with E-state index in [4.69, 9.17) is 14.2 Å². The molecule has 0 atom stereocenters. The second kappa shape index (κ2) is 14.6. The highest BCUT2D eigenvalue weighted by Crippen LogP contribution is 2.28. The lowest BCUT2D eigenvalue weighted by Gasteiger charge is -2.36. The number of hydrogen-bond acceptors (Lipinski definition) is 6. The van der Waals surface area contributed by atoms with Crippen LogP contribution in [0.3, 0.4) is 0 Å². The Morgan fingerprint density at radius 1 is 0.756 bits per heavy atom.